The maximum atomic E-state index is 12.9. The Hall–Kier alpha value is -3.11. The molecule has 1 atom stereocenters. The van der Waals surface area contributed by atoms with Crippen LogP contribution >= 0.6 is 23.4 Å². The summed E-state index contributed by atoms with van der Waals surface area (Å²) in [6.45, 7) is -0.653. The molecule has 0 saturated carbocycles. The molecule has 2 aromatic carbocycles. The van der Waals surface area contributed by atoms with Gasteiger partial charge in [0.05, 0.1) is 10.6 Å². The third-order valence-electron chi connectivity index (χ3n) is 4.76. The number of nitrogens with zero attached hydrogens (tertiary/aromatic N) is 2. The van der Waals surface area contributed by atoms with Gasteiger partial charge in [0.2, 0.25) is 5.91 Å². The predicted molar refractivity (Wildman–Crippen MR) is 109 cm³/mol. The number of carbonyl (C=O) groups excluding carboxylic acids is 3. The molecule has 11 heteroatoms. The van der Waals surface area contributed by atoms with Gasteiger partial charge in [-0.1, -0.05) is 35.5 Å². The number of nitrogens with one attached hydrogen (secondary N) is 1. The summed E-state index contributed by atoms with van der Waals surface area (Å²) in [5.74, 6) is -1.65. The fourth-order valence-electron chi connectivity index (χ4n) is 3.46. The van der Waals surface area contributed by atoms with Gasteiger partial charge in [-0.2, -0.15) is 0 Å². The van der Waals surface area contributed by atoms with E-state index in [1.54, 1.807) is 12.1 Å². The highest BCUT2D eigenvalue weighted by molar-refractivity contribution is 8.02. The summed E-state index contributed by atoms with van der Waals surface area (Å²) in [7, 11) is 0. The van der Waals surface area contributed by atoms with Crippen molar-refractivity contribution < 1.29 is 24.0 Å². The lowest BCUT2D eigenvalue weighted by molar-refractivity contribution is -0.383. The van der Waals surface area contributed by atoms with E-state index in [1.165, 1.54) is 28.8 Å². The van der Waals surface area contributed by atoms with Crippen LogP contribution in [0.15, 0.2) is 47.4 Å². The van der Waals surface area contributed by atoms with Crippen LogP contribution < -0.4 is 10.2 Å². The molecule has 1 saturated heterocycles. The number of anilines is 2. The third kappa shape index (κ3) is 3.37. The van der Waals surface area contributed by atoms with Crippen molar-refractivity contribution >= 4 is 58.2 Å². The Morgan fingerprint density at radius 3 is 2.83 bits per heavy atom. The first-order chi connectivity index (χ1) is 14.3. The second kappa shape index (κ2) is 7.62. The molecule has 2 aromatic rings. The molecule has 2 aliphatic heterocycles. The van der Waals surface area contributed by atoms with Crippen LogP contribution in [-0.4, -0.2) is 34.2 Å². The number of fused-ring (bicyclic) bond motifs is 3. The number of benzene rings is 2. The van der Waals surface area contributed by atoms with Crippen molar-refractivity contribution in [1.82, 2.24) is 0 Å². The third-order valence-corrected chi connectivity index (χ3v) is 6.45. The van der Waals surface area contributed by atoms with Gasteiger partial charge in [0.1, 0.15) is 5.69 Å². The number of esters is 1. The Bertz CT molecular complexity index is 1090. The molecule has 0 unspecified atom stereocenters. The van der Waals surface area contributed by atoms with Crippen molar-refractivity contribution in [3.63, 3.8) is 0 Å². The second-order valence-corrected chi connectivity index (χ2v) is 8.38. The minimum absolute atomic E-state index is 0.0658. The number of hydrogen-bond acceptors (Lipinski definition) is 7. The van der Waals surface area contributed by atoms with Crippen molar-refractivity contribution in [3.05, 3.63) is 57.6 Å². The van der Waals surface area contributed by atoms with Gasteiger partial charge in [0, 0.05) is 28.8 Å². The number of nitro groups is 1. The Morgan fingerprint density at radius 1 is 1.30 bits per heavy atom. The van der Waals surface area contributed by atoms with Gasteiger partial charge in [-0.05, 0) is 24.3 Å². The molecular formula is C19H14ClN3O6S. The van der Waals surface area contributed by atoms with Gasteiger partial charge < -0.3 is 10.1 Å². The number of amides is 2. The SMILES string of the molecule is O=C(COC(=O)[C@@]12CCC(=O)N1c1ccccc1S2)Nc1ccc(Cl)cc1[N+](=O)[O-]. The Labute approximate surface area is 179 Å². The zero-order valence-corrected chi connectivity index (χ0v) is 16.9. The Balaban J connectivity index is 1.46. The fourth-order valence-corrected chi connectivity index (χ4v) is 5.04. The second-order valence-electron chi connectivity index (χ2n) is 6.63. The Kier molecular flexibility index (Phi) is 5.12. The Morgan fingerprint density at radius 2 is 2.07 bits per heavy atom. The van der Waals surface area contributed by atoms with E-state index in [4.69, 9.17) is 16.3 Å². The molecular weight excluding hydrogens is 434 g/mol. The summed E-state index contributed by atoms with van der Waals surface area (Å²) < 4.78 is 5.21. The molecule has 9 nitrogen and oxygen atoms in total. The average molecular weight is 448 g/mol. The van der Waals surface area contributed by atoms with Crippen LogP contribution in [0.25, 0.3) is 0 Å². The first-order valence-electron chi connectivity index (χ1n) is 8.84. The lowest BCUT2D eigenvalue weighted by Crippen LogP contribution is -2.48. The summed E-state index contributed by atoms with van der Waals surface area (Å²) in [4.78, 5) is 48.9. The molecule has 2 amide bonds. The van der Waals surface area contributed by atoms with Gasteiger partial charge in [-0.3, -0.25) is 24.6 Å². The lowest BCUT2D eigenvalue weighted by atomic mass is 10.2. The fraction of sp³-hybridized carbons (Fsp3) is 0.211. The minimum Gasteiger partial charge on any atom is -0.453 e. The zero-order valence-electron chi connectivity index (χ0n) is 15.3. The topological polar surface area (TPSA) is 119 Å². The normalized spacial score (nSPS) is 19.2. The minimum atomic E-state index is -1.24. The number of ether oxygens (including phenoxy) is 1. The van der Waals surface area contributed by atoms with Crippen molar-refractivity contribution in [1.29, 1.82) is 0 Å². The molecule has 0 radical (unpaired) electrons. The highest BCUT2D eigenvalue weighted by Crippen LogP contribution is 2.56. The van der Waals surface area contributed by atoms with Crippen LogP contribution in [0.5, 0.6) is 0 Å². The predicted octanol–water partition coefficient (Wildman–Crippen LogP) is 3.36. The standard InChI is InChI=1S/C19H14ClN3O6S/c20-11-5-6-12(14(9-11)23(27)28)21-16(24)10-29-18(26)19-8-7-17(25)22(19)13-3-1-2-4-15(13)30-19/h1-6,9H,7-8,10H2,(H,21,24)/t19-/m0/s1. The molecule has 0 aromatic heterocycles. The molecule has 0 bridgehead atoms. The summed E-state index contributed by atoms with van der Waals surface area (Å²) >= 11 is 6.98. The lowest BCUT2D eigenvalue weighted by Gasteiger charge is -2.28. The van der Waals surface area contributed by atoms with E-state index in [2.05, 4.69) is 5.32 Å². The van der Waals surface area contributed by atoms with E-state index in [9.17, 15) is 24.5 Å². The summed E-state index contributed by atoms with van der Waals surface area (Å²) in [5.41, 5.74) is 0.197. The summed E-state index contributed by atoms with van der Waals surface area (Å²) in [6.07, 6.45) is 0.452. The van der Waals surface area contributed by atoms with Gasteiger partial charge >= 0.3 is 5.97 Å². The van der Waals surface area contributed by atoms with E-state index < -0.39 is 28.3 Å². The van der Waals surface area contributed by atoms with E-state index in [-0.39, 0.29) is 35.1 Å². The number of rotatable bonds is 5. The van der Waals surface area contributed by atoms with Crippen LogP contribution in [0.1, 0.15) is 12.8 Å². The number of carbonyl (C=O) groups is 3. The van der Waals surface area contributed by atoms with E-state index in [0.29, 0.717) is 5.69 Å². The number of halogens is 1. The van der Waals surface area contributed by atoms with Crippen molar-refractivity contribution in [2.75, 3.05) is 16.8 Å². The molecule has 4 rings (SSSR count). The van der Waals surface area contributed by atoms with Crippen LogP contribution in [0.4, 0.5) is 17.1 Å². The quantitative estimate of drug-likeness (QED) is 0.424. The number of nitro benzene ring substituents is 1. The van der Waals surface area contributed by atoms with Gasteiger partial charge in [0.25, 0.3) is 11.6 Å². The van der Waals surface area contributed by atoms with Gasteiger partial charge in [-0.25, -0.2) is 4.79 Å². The molecule has 2 heterocycles. The summed E-state index contributed by atoms with van der Waals surface area (Å²) in [5, 5.41) is 13.6. The zero-order chi connectivity index (χ0) is 21.5. The molecule has 30 heavy (non-hydrogen) atoms. The molecule has 0 spiro atoms. The molecule has 154 valence electrons. The maximum Gasteiger partial charge on any atom is 0.344 e. The monoisotopic (exact) mass is 447 g/mol. The summed E-state index contributed by atoms with van der Waals surface area (Å²) in [6, 6.07) is 10.9. The highest BCUT2D eigenvalue weighted by Gasteiger charge is 2.58. The number of para-hydroxylation sites is 1. The van der Waals surface area contributed by atoms with Gasteiger partial charge in [0.15, 0.2) is 11.5 Å². The van der Waals surface area contributed by atoms with E-state index in [1.807, 2.05) is 12.1 Å². The van der Waals surface area contributed by atoms with Crippen LogP contribution in [0.2, 0.25) is 5.02 Å². The van der Waals surface area contributed by atoms with Crippen molar-refractivity contribution in [2.45, 2.75) is 22.6 Å². The van der Waals surface area contributed by atoms with E-state index in [0.717, 1.165) is 11.0 Å². The van der Waals surface area contributed by atoms with Crippen LogP contribution in [0, 0.1) is 10.1 Å². The van der Waals surface area contributed by atoms with Crippen LogP contribution in [-0.2, 0) is 19.1 Å². The first-order valence-corrected chi connectivity index (χ1v) is 10.0. The first kappa shape index (κ1) is 20.2. The highest BCUT2D eigenvalue weighted by atomic mass is 35.5. The number of hydrogen-bond donors (Lipinski definition) is 1. The average Bonchev–Trinajstić information content (AvgIpc) is 3.23. The van der Waals surface area contributed by atoms with Gasteiger partial charge in [-0.15, -0.1) is 0 Å². The molecule has 0 aliphatic carbocycles. The number of thioether (sulfide) groups is 1. The molecule has 1 fully saturated rings. The molecule has 1 N–H and O–H groups in total. The largest absolute Gasteiger partial charge is 0.453 e. The van der Waals surface area contributed by atoms with Crippen molar-refractivity contribution in [3.8, 4) is 0 Å². The molecule has 2 aliphatic rings. The van der Waals surface area contributed by atoms with E-state index >= 15 is 0 Å². The van der Waals surface area contributed by atoms with Crippen LogP contribution in [0.3, 0.4) is 0 Å². The smallest absolute Gasteiger partial charge is 0.344 e. The van der Waals surface area contributed by atoms with Crippen molar-refractivity contribution in [2.24, 2.45) is 0 Å². The maximum absolute atomic E-state index is 12.9.